The third kappa shape index (κ3) is 47.2. The van der Waals surface area contributed by atoms with E-state index in [1.165, 1.54) is 199 Å². The van der Waals surface area contributed by atoms with Gasteiger partial charge in [-0.3, -0.25) is 14.4 Å². The standard InChI is InChI=1S/C54H102O6/c1-4-7-10-13-16-19-21-23-25-27-29-30-32-35-38-41-44-47-53(56)59-50-51(49-58-52(55)46-43-40-37-34-18-15-12-9-6-3)60-54(57)48-45-42-39-36-33-31-28-26-24-22-20-17-14-11-8-5-2/h23,25,51H,4-22,24,26-50H2,1-3H3/b25-23-/t51-/m1/s1. The van der Waals surface area contributed by atoms with Gasteiger partial charge in [0.15, 0.2) is 6.10 Å². The molecule has 0 aromatic heterocycles. The van der Waals surface area contributed by atoms with Gasteiger partial charge in [0.05, 0.1) is 0 Å². The molecule has 6 nitrogen and oxygen atoms in total. The summed E-state index contributed by atoms with van der Waals surface area (Å²) in [4.78, 5) is 37.9. The molecule has 0 aliphatic rings. The number of allylic oxidation sites excluding steroid dienone is 2. The lowest BCUT2D eigenvalue weighted by Crippen LogP contribution is -2.30. The summed E-state index contributed by atoms with van der Waals surface area (Å²) in [6, 6.07) is 0. The van der Waals surface area contributed by atoms with Crippen molar-refractivity contribution in [1.82, 2.24) is 0 Å². The van der Waals surface area contributed by atoms with E-state index in [0.717, 1.165) is 57.8 Å². The van der Waals surface area contributed by atoms with Crippen LogP contribution >= 0.6 is 0 Å². The zero-order chi connectivity index (χ0) is 43.7. The van der Waals surface area contributed by atoms with Crippen molar-refractivity contribution in [3.8, 4) is 0 Å². The molecule has 0 amide bonds. The summed E-state index contributed by atoms with van der Waals surface area (Å²) in [5.74, 6) is -0.855. The van der Waals surface area contributed by atoms with E-state index in [9.17, 15) is 14.4 Å². The van der Waals surface area contributed by atoms with Crippen LogP contribution in [0.4, 0.5) is 0 Å². The fourth-order valence-electron chi connectivity index (χ4n) is 7.97. The van der Waals surface area contributed by atoms with Crippen LogP contribution in [-0.2, 0) is 28.6 Å². The molecule has 0 saturated carbocycles. The second kappa shape index (κ2) is 49.8. The minimum atomic E-state index is -0.764. The minimum absolute atomic E-state index is 0.0663. The molecule has 6 heteroatoms. The molecule has 0 radical (unpaired) electrons. The molecule has 354 valence electrons. The highest BCUT2D eigenvalue weighted by Crippen LogP contribution is 2.16. The van der Waals surface area contributed by atoms with Crippen LogP contribution < -0.4 is 0 Å². The molecule has 1 atom stereocenters. The zero-order valence-electron chi connectivity index (χ0n) is 40.5. The van der Waals surface area contributed by atoms with Crippen LogP contribution in [0, 0.1) is 0 Å². The van der Waals surface area contributed by atoms with Crippen LogP contribution in [0.3, 0.4) is 0 Å². The second-order valence-electron chi connectivity index (χ2n) is 18.2. The van der Waals surface area contributed by atoms with Gasteiger partial charge in [0.25, 0.3) is 0 Å². The first-order valence-corrected chi connectivity index (χ1v) is 26.7. The number of hydrogen-bond acceptors (Lipinski definition) is 6. The Morgan fingerprint density at radius 1 is 0.317 bits per heavy atom. The quantitative estimate of drug-likeness (QED) is 0.0263. The molecular formula is C54H102O6. The Hall–Kier alpha value is -1.85. The molecular weight excluding hydrogens is 745 g/mol. The molecule has 0 N–H and O–H groups in total. The van der Waals surface area contributed by atoms with Crippen molar-refractivity contribution in [2.45, 2.75) is 303 Å². The SMILES string of the molecule is CCCCCCCC/C=C\CCCCCCCCCC(=O)OC[C@@H](COC(=O)CCCCCCCCCCC)OC(=O)CCCCCCCCCCCCCCCCCC. The van der Waals surface area contributed by atoms with Gasteiger partial charge in [0, 0.05) is 19.3 Å². The lowest BCUT2D eigenvalue weighted by atomic mass is 10.0. The number of carbonyl (C=O) groups excluding carboxylic acids is 3. The first-order chi connectivity index (χ1) is 29.5. The van der Waals surface area contributed by atoms with E-state index in [2.05, 4.69) is 32.9 Å². The number of carbonyl (C=O) groups is 3. The molecule has 0 aromatic carbocycles. The molecule has 0 spiro atoms. The van der Waals surface area contributed by atoms with E-state index in [0.29, 0.717) is 19.3 Å². The maximum absolute atomic E-state index is 12.8. The number of esters is 3. The average Bonchev–Trinajstić information content (AvgIpc) is 3.24. The van der Waals surface area contributed by atoms with Crippen molar-refractivity contribution in [3.63, 3.8) is 0 Å². The zero-order valence-corrected chi connectivity index (χ0v) is 40.5. The summed E-state index contributed by atoms with van der Waals surface area (Å²) < 4.78 is 16.8. The lowest BCUT2D eigenvalue weighted by molar-refractivity contribution is -0.167. The van der Waals surface area contributed by atoms with E-state index in [4.69, 9.17) is 14.2 Å². The molecule has 0 rings (SSSR count). The highest BCUT2D eigenvalue weighted by molar-refractivity contribution is 5.71. The van der Waals surface area contributed by atoms with Crippen molar-refractivity contribution in [2.24, 2.45) is 0 Å². The van der Waals surface area contributed by atoms with Gasteiger partial charge in [0.1, 0.15) is 13.2 Å². The summed E-state index contributed by atoms with van der Waals surface area (Å²) >= 11 is 0. The monoisotopic (exact) mass is 847 g/mol. The van der Waals surface area contributed by atoms with Crippen molar-refractivity contribution >= 4 is 17.9 Å². The first kappa shape index (κ1) is 58.1. The normalized spacial score (nSPS) is 12.0. The number of ether oxygens (including phenoxy) is 3. The third-order valence-corrected chi connectivity index (χ3v) is 12.0. The van der Waals surface area contributed by atoms with Gasteiger partial charge < -0.3 is 14.2 Å². The molecule has 0 aliphatic carbocycles. The molecule has 0 fully saturated rings. The van der Waals surface area contributed by atoms with E-state index < -0.39 is 6.10 Å². The lowest BCUT2D eigenvalue weighted by Gasteiger charge is -2.18. The van der Waals surface area contributed by atoms with Gasteiger partial charge in [-0.05, 0) is 44.9 Å². The van der Waals surface area contributed by atoms with Crippen LogP contribution in [0.2, 0.25) is 0 Å². The maximum atomic E-state index is 12.8. The van der Waals surface area contributed by atoms with Gasteiger partial charge in [-0.25, -0.2) is 0 Å². The molecule has 0 heterocycles. The first-order valence-electron chi connectivity index (χ1n) is 26.7. The average molecular weight is 847 g/mol. The van der Waals surface area contributed by atoms with Crippen molar-refractivity contribution in [2.75, 3.05) is 13.2 Å². The summed E-state index contributed by atoms with van der Waals surface area (Å²) in [5.41, 5.74) is 0. The van der Waals surface area contributed by atoms with Crippen LogP contribution in [0.25, 0.3) is 0 Å². The minimum Gasteiger partial charge on any atom is -0.462 e. The highest BCUT2D eigenvalue weighted by atomic mass is 16.6. The van der Waals surface area contributed by atoms with Gasteiger partial charge in [-0.1, -0.05) is 245 Å². The van der Waals surface area contributed by atoms with Gasteiger partial charge >= 0.3 is 17.9 Å². The maximum Gasteiger partial charge on any atom is 0.306 e. The summed E-state index contributed by atoms with van der Waals surface area (Å²) in [6.07, 6.45) is 54.8. The second-order valence-corrected chi connectivity index (χ2v) is 18.2. The highest BCUT2D eigenvalue weighted by Gasteiger charge is 2.19. The molecule has 0 bridgehead atoms. The summed E-state index contributed by atoms with van der Waals surface area (Å²) in [6.45, 7) is 6.65. The van der Waals surface area contributed by atoms with Crippen LogP contribution in [0.1, 0.15) is 297 Å². The third-order valence-electron chi connectivity index (χ3n) is 12.0. The molecule has 0 saturated heterocycles. The Labute approximate surface area is 373 Å². The fourth-order valence-corrected chi connectivity index (χ4v) is 7.97. The Kier molecular flexibility index (Phi) is 48.3. The largest absolute Gasteiger partial charge is 0.462 e. The molecule has 60 heavy (non-hydrogen) atoms. The Bertz CT molecular complexity index is 931. The molecule has 0 aromatic rings. The predicted octanol–water partition coefficient (Wildman–Crippen LogP) is 17.4. The van der Waals surface area contributed by atoms with Gasteiger partial charge in [-0.15, -0.1) is 0 Å². The van der Waals surface area contributed by atoms with Crippen LogP contribution in [0.15, 0.2) is 12.2 Å². The topological polar surface area (TPSA) is 78.9 Å². The number of rotatable bonds is 49. The number of hydrogen-bond donors (Lipinski definition) is 0. The predicted molar refractivity (Wildman–Crippen MR) is 256 cm³/mol. The Morgan fingerprint density at radius 3 is 0.833 bits per heavy atom. The Balaban J connectivity index is 4.26. The molecule has 0 unspecified atom stereocenters. The van der Waals surface area contributed by atoms with Crippen LogP contribution in [0.5, 0.6) is 0 Å². The van der Waals surface area contributed by atoms with E-state index in [1.54, 1.807) is 0 Å². The van der Waals surface area contributed by atoms with Crippen molar-refractivity contribution in [3.05, 3.63) is 12.2 Å². The van der Waals surface area contributed by atoms with Crippen molar-refractivity contribution in [1.29, 1.82) is 0 Å². The van der Waals surface area contributed by atoms with Gasteiger partial charge in [0.2, 0.25) is 0 Å². The van der Waals surface area contributed by atoms with Crippen LogP contribution in [-0.4, -0.2) is 37.2 Å². The van der Waals surface area contributed by atoms with E-state index >= 15 is 0 Å². The molecule has 0 aliphatic heterocycles. The van der Waals surface area contributed by atoms with E-state index in [-0.39, 0.29) is 31.1 Å². The Morgan fingerprint density at radius 2 is 0.550 bits per heavy atom. The number of unbranched alkanes of at least 4 members (excludes halogenated alkanes) is 36. The summed E-state index contributed by atoms with van der Waals surface area (Å²) in [7, 11) is 0. The van der Waals surface area contributed by atoms with Crippen molar-refractivity contribution < 1.29 is 28.6 Å². The summed E-state index contributed by atoms with van der Waals surface area (Å²) in [5, 5.41) is 0. The smallest absolute Gasteiger partial charge is 0.306 e. The fraction of sp³-hybridized carbons (Fsp3) is 0.907. The van der Waals surface area contributed by atoms with Gasteiger partial charge in [-0.2, -0.15) is 0 Å². The van der Waals surface area contributed by atoms with E-state index in [1.807, 2.05) is 0 Å².